The van der Waals surface area contributed by atoms with E-state index in [4.69, 9.17) is 0 Å². The van der Waals surface area contributed by atoms with E-state index in [-0.39, 0.29) is 11.8 Å². The van der Waals surface area contributed by atoms with Crippen LogP contribution in [0, 0.1) is 0 Å². The first-order chi connectivity index (χ1) is 12.7. The number of carbonyl (C=O) groups excluding carboxylic acids is 2. The molecular weight excluding hydrogens is 338 g/mol. The standard InChI is InChI=1S/C22H29N3O2/c1-22(2,15-14-20(26)23-3)24-21(27)18-8-6-16(7-9-18)17-10-12-19(13-11-17)25(4)5/h6-13H,14-15H2,1-5H3,(H,23,26)(H,24,27). The lowest BCUT2D eigenvalue weighted by Gasteiger charge is -2.26. The van der Waals surface area contributed by atoms with Gasteiger partial charge < -0.3 is 15.5 Å². The minimum Gasteiger partial charge on any atom is -0.378 e. The Hall–Kier alpha value is -2.82. The SMILES string of the molecule is CNC(=O)CCC(C)(C)NC(=O)c1ccc(-c2ccc(N(C)C)cc2)cc1. The van der Waals surface area contributed by atoms with Gasteiger partial charge in [-0.3, -0.25) is 9.59 Å². The number of amides is 2. The third-order valence-electron chi connectivity index (χ3n) is 4.57. The van der Waals surface area contributed by atoms with Gasteiger partial charge in [-0.05, 0) is 55.7 Å². The second-order valence-electron chi connectivity index (χ2n) is 7.53. The number of anilines is 1. The molecule has 0 spiro atoms. The molecule has 0 atom stereocenters. The van der Waals surface area contributed by atoms with Gasteiger partial charge >= 0.3 is 0 Å². The van der Waals surface area contributed by atoms with Crippen molar-refractivity contribution in [1.82, 2.24) is 10.6 Å². The summed E-state index contributed by atoms with van der Waals surface area (Å²) in [6.07, 6.45) is 0.959. The molecule has 0 aliphatic rings. The van der Waals surface area contributed by atoms with Crippen LogP contribution in [-0.2, 0) is 4.79 Å². The van der Waals surface area contributed by atoms with Gasteiger partial charge in [0.1, 0.15) is 0 Å². The molecule has 0 saturated carbocycles. The van der Waals surface area contributed by atoms with E-state index < -0.39 is 5.54 Å². The number of carbonyl (C=O) groups is 2. The van der Waals surface area contributed by atoms with E-state index in [1.807, 2.05) is 52.2 Å². The Morgan fingerprint density at radius 2 is 1.44 bits per heavy atom. The van der Waals surface area contributed by atoms with Crippen LogP contribution in [0.5, 0.6) is 0 Å². The van der Waals surface area contributed by atoms with Crippen LogP contribution in [0.25, 0.3) is 11.1 Å². The highest BCUT2D eigenvalue weighted by molar-refractivity contribution is 5.95. The van der Waals surface area contributed by atoms with Crippen LogP contribution in [0.2, 0.25) is 0 Å². The van der Waals surface area contributed by atoms with Crippen molar-refractivity contribution in [2.24, 2.45) is 0 Å². The van der Waals surface area contributed by atoms with Gasteiger partial charge in [-0.15, -0.1) is 0 Å². The maximum Gasteiger partial charge on any atom is 0.251 e. The molecule has 5 heteroatoms. The minimum atomic E-state index is -0.454. The highest BCUT2D eigenvalue weighted by Gasteiger charge is 2.22. The molecule has 0 bridgehead atoms. The first-order valence-electron chi connectivity index (χ1n) is 9.13. The minimum absolute atomic E-state index is 0.0260. The van der Waals surface area contributed by atoms with Gasteiger partial charge in [0.25, 0.3) is 5.91 Å². The number of benzene rings is 2. The molecule has 144 valence electrons. The van der Waals surface area contributed by atoms with Crippen molar-refractivity contribution in [3.63, 3.8) is 0 Å². The summed E-state index contributed by atoms with van der Waals surface area (Å²) in [5.41, 5.74) is 3.48. The summed E-state index contributed by atoms with van der Waals surface area (Å²) in [5.74, 6) is -0.159. The van der Waals surface area contributed by atoms with Crippen LogP contribution in [0.4, 0.5) is 5.69 Å². The number of nitrogens with one attached hydrogen (secondary N) is 2. The fourth-order valence-corrected chi connectivity index (χ4v) is 2.76. The maximum atomic E-state index is 12.5. The van der Waals surface area contributed by atoms with Gasteiger partial charge in [-0.2, -0.15) is 0 Å². The number of nitrogens with zero attached hydrogens (tertiary/aromatic N) is 1. The van der Waals surface area contributed by atoms with Gasteiger partial charge in [0.15, 0.2) is 0 Å². The molecule has 2 aromatic rings. The van der Waals surface area contributed by atoms with Crippen LogP contribution < -0.4 is 15.5 Å². The first-order valence-corrected chi connectivity index (χ1v) is 9.13. The predicted molar refractivity (Wildman–Crippen MR) is 111 cm³/mol. The van der Waals surface area contributed by atoms with Crippen LogP contribution in [0.1, 0.15) is 37.0 Å². The molecule has 2 N–H and O–H groups in total. The van der Waals surface area contributed by atoms with Crippen LogP contribution >= 0.6 is 0 Å². The zero-order valence-corrected chi connectivity index (χ0v) is 16.8. The second-order valence-corrected chi connectivity index (χ2v) is 7.53. The molecule has 0 aliphatic carbocycles. The lowest BCUT2D eigenvalue weighted by atomic mass is 9.97. The number of hydrogen-bond donors (Lipinski definition) is 2. The topological polar surface area (TPSA) is 61.4 Å². The Kier molecular flexibility index (Phi) is 6.61. The van der Waals surface area contributed by atoms with Crippen molar-refractivity contribution in [1.29, 1.82) is 0 Å². The largest absolute Gasteiger partial charge is 0.378 e. The van der Waals surface area contributed by atoms with Gasteiger partial charge in [0.05, 0.1) is 0 Å². The van der Waals surface area contributed by atoms with E-state index >= 15 is 0 Å². The summed E-state index contributed by atoms with van der Waals surface area (Å²) in [5, 5.41) is 5.61. The third-order valence-corrected chi connectivity index (χ3v) is 4.57. The Labute approximate surface area is 161 Å². The van der Waals surface area contributed by atoms with E-state index in [1.165, 1.54) is 0 Å². The van der Waals surface area contributed by atoms with Crippen LogP contribution in [0.3, 0.4) is 0 Å². The van der Waals surface area contributed by atoms with E-state index in [2.05, 4.69) is 39.8 Å². The molecule has 0 saturated heterocycles. The highest BCUT2D eigenvalue weighted by atomic mass is 16.2. The molecule has 0 aliphatic heterocycles. The molecule has 2 aromatic carbocycles. The fourth-order valence-electron chi connectivity index (χ4n) is 2.76. The Balaban J connectivity index is 2.03. The van der Waals surface area contributed by atoms with Gasteiger partial charge in [0.2, 0.25) is 5.91 Å². The van der Waals surface area contributed by atoms with Crippen LogP contribution in [0.15, 0.2) is 48.5 Å². The van der Waals surface area contributed by atoms with E-state index in [0.29, 0.717) is 18.4 Å². The zero-order chi connectivity index (χ0) is 20.0. The summed E-state index contributed by atoms with van der Waals surface area (Å²) in [7, 11) is 5.64. The summed E-state index contributed by atoms with van der Waals surface area (Å²) < 4.78 is 0. The summed E-state index contributed by atoms with van der Waals surface area (Å²) in [4.78, 5) is 26.0. The lowest BCUT2D eigenvalue weighted by Crippen LogP contribution is -2.44. The monoisotopic (exact) mass is 367 g/mol. The third kappa shape index (κ3) is 5.84. The maximum absolute atomic E-state index is 12.5. The Bertz CT molecular complexity index is 778. The lowest BCUT2D eigenvalue weighted by molar-refractivity contribution is -0.121. The molecule has 5 nitrogen and oxygen atoms in total. The number of rotatable bonds is 7. The van der Waals surface area contributed by atoms with Crippen molar-refractivity contribution in [2.45, 2.75) is 32.2 Å². The molecule has 2 rings (SSSR count). The summed E-state index contributed by atoms with van der Waals surface area (Å²) in [6, 6.07) is 15.9. The Morgan fingerprint density at radius 1 is 0.926 bits per heavy atom. The molecule has 0 radical (unpaired) electrons. The van der Waals surface area contributed by atoms with E-state index in [1.54, 1.807) is 7.05 Å². The molecule has 27 heavy (non-hydrogen) atoms. The fraction of sp³-hybridized carbons (Fsp3) is 0.364. The zero-order valence-electron chi connectivity index (χ0n) is 16.8. The summed E-state index contributed by atoms with van der Waals surface area (Å²) >= 11 is 0. The molecular formula is C22H29N3O2. The molecule has 0 heterocycles. The highest BCUT2D eigenvalue weighted by Crippen LogP contribution is 2.23. The van der Waals surface area contributed by atoms with Crippen LogP contribution in [-0.4, -0.2) is 38.5 Å². The Morgan fingerprint density at radius 3 is 1.93 bits per heavy atom. The smallest absolute Gasteiger partial charge is 0.251 e. The van der Waals surface area contributed by atoms with Crippen molar-refractivity contribution in [2.75, 3.05) is 26.0 Å². The van der Waals surface area contributed by atoms with Gasteiger partial charge in [0, 0.05) is 44.4 Å². The predicted octanol–water partition coefficient (Wildman–Crippen LogP) is 3.45. The van der Waals surface area contributed by atoms with Crippen molar-refractivity contribution >= 4 is 17.5 Å². The molecule has 0 unspecified atom stereocenters. The second kappa shape index (κ2) is 8.71. The first kappa shape index (κ1) is 20.5. The quantitative estimate of drug-likeness (QED) is 0.788. The van der Waals surface area contributed by atoms with Gasteiger partial charge in [-0.25, -0.2) is 0 Å². The average Bonchev–Trinajstić information content (AvgIpc) is 2.66. The molecule has 0 aromatic heterocycles. The summed E-state index contributed by atoms with van der Waals surface area (Å²) in [6.45, 7) is 3.85. The van der Waals surface area contributed by atoms with E-state index in [9.17, 15) is 9.59 Å². The normalized spacial score (nSPS) is 11.0. The van der Waals surface area contributed by atoms with Gasteiger partial charge in [-0.1, -0.05) is 24.3 Å². The van der Waals surface area contributed by atoms with Crippen molar-refractivity contribution < 1.29 is 9.59 Å². The van der Waals surface area contributed by atoms with Crippen molar-refractivity contribution in [3.05, 3.63) is 54.1 Å². The van der Waals surface area contributed by atoms with Crippen molar-refractivity contribution in [3.8, 4) is 11.1 Å². The average molecular weight is 367 g/mol. The van der Waals surface area contributed by atoms with E-state index in [0.717, 1.165) is 16.8 Å². The molecule has 2 amide bonds. The number of hydrogen-bond acceptors (Lipinski definition) is 3. The molecule has 0 fully saturated rings.